The highest BCUT2D eigenvalue weighted by atomic mass is 35.5. The predicted octanol–water partition coefficient (Wildman–Crippen LogP) is 6.67. The van der Waals surface area contributed by atoms with Crippen molar-refractivity contribution in [3.05, 3.63) is 0 Å². The Labute approximate surface area is 144 Å². The van der Waals surface area contributed by atoms with Crippen molar-refractivity contribution in [1.82, 2.24) is 0 Å². The molecule has 0 atom stereocenters. The Morgan fingerprint density at radius 1 is 0.818 bits per heavy atom. The molecule has 0 aromatic heterocycles. The molecular weight excluding hydrogens is 312 g/mol. The molecule has 0 heterocycles. The fraction of sp³-hybridized carbons (Fsp3) is 0.944. The van der Waals surface area contributed by atoms with Crippen LogP contribution in [0, 0.1) is 0 Å². The summed E-state index contributed by atoms with van der Waals surface area (Å²) in [6, 6.07) is 3.47. The van der Waals surface area contributed by atoms with Gasteiger partial charge in [0.2, 0.25) is 0 Å². The van der Waals surface area contributed by atoms with Crippen LogP contribution in [0.5, 0.6) is 0 Å². The molecule has 2 nitrogen and oxygen atoms in total. The molecule has 4 heteroatoms. The van der Waals surface area contributed by atoms with Crippen molar-refractivity contribution in [2.75, 3.05) is 5.88 Å². The van der Waals surface area contributed by atoms with Crippen LogP contribution in [0.1, 0.15) is 85.0 Å². The number of unbranched alkanes of at least 4 members (excludes halogenated alkanes) is 6. The third-order valence-corrected chi connectivity index (χ3v) is 8.98. The molecule has 0 fully saturated rings. The second-order valence-corrected chi connectivity index (χ2v) is 10.9. The van der Waals surface area contributed by atoms with E-state index in [-0.39, 0.29) is 5.97 Å². The number of carbonyl (C=O) groups is 1. The Morgan fingerprint density at radius 3 is 1.55 bits per heavy atom. The molecule has 0 unspecified atom stereocenters. The molecular formula is C18H37ClO2Si. The van der Waals surface area contributed by atoms with E-state index in [1.807, 2.05) is 0 Å². The maximum Gasteiger partial charge on any atom is 0.293 e. The smallest absolute Gasteiger partial charge is 0.293 e. The first-order valence-electron chi connectivity index (χ1n) is 9.42. The summed E-state index contributed by atoms with van der Waals surface area (Å²) in [7, 11) is -1.92. The molecule has 0 aliphatic carbocycles. The number of alkyl halides is 1. The van der Waals surface area contributed by atoms with Gasteiger partial charge < -0.3 is 4.43 Å². The van der Waals surface area contributed by atoms with Gasteiger partial charge in [-0.05, 0) is 18.1 Å². The van der Waals surface area contributed by atoms with E-state index in [0.717, 1.165) is 18.1 Å². The molecule has 0 rings (SSSR count). The number of hydrogen-bond donors (Lipinski definition) is 0. The Balaban J connectivity index is 4.79. The summed E-state index contributed by atoms with van der Waals surface area (Å²) in [5.74, 6) is 0.327. The lowest BCUT2D eigenvalue weighted by atomic mass is 10.3. The lowest BCUT2D eigenvalue weighted by molar-refractivity contribution is -0.134. The van der Waals surface area contributed by atoms with Crippen LogP contribution in [0.4, 0.5) is 0 Å². The van der Waals surface area contributed by atoms with Crippen molar-refractivity contribution in [1.29, 1.82) is 0 Å². The quantitative estimate of drug-likeness (QED) is 0.187. The molecule has 0 N–H and O–H groups in total. The van der Waals surface area contributed by atoms with Crippen LogP contribution in [-0.2, 0) is 9.22 Å². The van der Waals surface area contributed by atoms with E-state index < -0.39 is 8.32 Å². The first-order chi connectivity index (χ1) is 10.6. The van der Waals surface area contributed by atoms with Crippen LogP contribution in [-0.4, -0.2) is 20.2 Å². The Kier molecular flexibility index (Phi) is 14.5. The highest BCUT2D eigenvalue weighted by molar-refractivity contribution is 6.75. The summed E-state index contributed by atoms with van der Waals surface area (Å²) < 4.78 is 6.13. The number of rotatable bonds is 15. The first kappa shape index (κ1) is 22.0. The van der Waals surface area contributed by atoms with Gasteiger partial charge in [-0.3, -0.25) is 4.79 Å². The minimum Gasteiger partial charge on any atom is -0.519 e. The fourth-order valence-corrected chi connectivity index (χ4v) is 7.47. The van der Waals surface area contributed by atoms with E-state index >= 15 is 0 Å². The van der Waals surface area contributed by atoms with Gasteiger partial charge in [-0.25, -0.2) is 0 Å². The van der Waals surface area contributed by atoms with Crippen molar-refractivity contribution >= 4 is 25.9 Å². The zero-order valence-electron chi connectivity index (χ0n) is 15.1. The van der Waals surface area contributed by atoms with Gasteiger partial charge in [0.05, 0.1) is 6.42 Å². The second-order valence-electron chi connectivity index (χ2n) is 6.47. The molecule has 0 radical (unpaired) electrons. The Hall–Kier alpha value is -0.0231. The van der Waals surface area contributed by atoms with E-state index in [1.54, 1.807) is 0 Å². The maximum absolute atomic E-state index is 12.1. The molecule has 0 aromatic rings. The van der Waals surface area contributed by atoms with Crippen molar-refractivity contribution in [2.45, 2.75) is 103 Å². The van der Waals surface area contributed by atoms with E-state index in [4.69, 9.17) is 16.0 Å². The first-order valence-corrected chi connectivity index (χ1v) is 12.5. The zero-order chi connectivity index (χ0) is 16.7. The lowest BCUT2D eigenvalue weighted by Gasteiger charge is -2.31. The molecule has 0 aromatic carbocycles. The van der Waals surface area contributed by atoms with Gasteiger partial charge in [-0.15, -0.1) is 11.6 Å². The molecule has 0 amide bonds. The van der Waals surface area contributed by atoms with Crippen molar-refractivity contribution < 1.29 is 9.22 Å². The van der Waals surface area contributed by atoms with Gasteiger partial charge in [0, 0.05) is 5.88 Å². The molecule has 0 aliphatic heterocycles. The van der Waals surface area contributed by atoms with Gasteiger partial charge in [0.1, 0.15) is 0 Å². The van der Waals surface area contributed by atoms with Crippen LogP contribution in [0.2, 0.25) is 18.1 Å². The predicted molar refractivity (Wildman–Crippen MR) is 100 cm³/mol. The van der Waals surface area contributed by atoms with Crippen molar-refractivity contribution in [3.8, 4) is 0 Å². The highest BCUT2D eigenvalue weighted by Crippen LogP contribution is 2.31. The molecule has 0 spiro atoms. The summed E-state index contributed by atoms with van der Waals surface area (Å²) in [4.78, 5) is 12.1. The van der Waals surface area contributed by atoms with Gasteiger partial charge in [-0.1, -0.05) is 78.6 Å². The van der Waals surface area contributed by atoms with Crippen molar-refractivity contribution in [3.63, 3.8) is 0 Å². The summed E-state index contributed by atoms with van der Waals surface area (Å²) in [5.41, 5.74) is 0. The topological polar surface area (TPSA) is 26.3 Å². The highest BCUT2D eigenvalue weighted by Gasteiger charge is 2.36. The maximum atomic E-state index is 12.1. The van der Waals surface area contributed by atoms with E-state index in [2.05, 4.69) is 20.8 Å². The molecule has 0 saturated carbocycles. The minimum absolute atomic E-state index is 0.0498. The number of halogens is 1. The summed E-state index contributed by atoms with van der Waals surface area (Å²) >= 11 is 5.72. The van der Waals surface area contributed by atoms with Gasteiger partial charge >= 0.3 is 0 Å². The third kappa shape index (κ3) is 10.7. The third-order valence-electron chi connectivity index (χ3n) is 4.34. The zero-order valence-corrected chi connectivity index (χ0v) is 16.8. The molecule has 22 heavy (non-hydrogen) atoms. The number of carbonyl (C=O) groups excluding carboxylic acids is 1. The SMILES string of the molecule is CCCCC[Si](CCCCC)(CCCCC)OC(=O)CCCl. The summed E-state index contributed by atoms with van der Waals surface area (Å²) in [5, 5.41) is 0. The van der Waals surface area contributed by atoms with E-state index in [0.29, 0.717) is 12.3 Å². The molecule has 0 saturated heterocycles. The standard InChI is InChI=1S/C18H37ClO2Si/c1-4-7-10-15-22(16-11-8-5-2,17-12-9-6-3)21-18(20)13-14-19/h4-17H2,1-3H3. The van der Waals surface area contributed by atoms with Crippen LogP contribution in [0.25, 0.3) is 0 Å². The monoisotopic (exact) mass is 348 g/mol. The Bertz CT molecular complexity index is 245. The van der Waals surface area contributed by atoms with Crippen LogP contribution in [0.15, 0.2) is 0 Å². The van der Waals surface area contributed by atoms with Gasteiger partial charge in [0.25, 0.3) is 14.3 Å². The average molecular weight is 349 g/mol. The van der Waals surface area contributed by atoms with Crippen LogP contribution < -0.4 is 0 Å². The lowest BCUT2D eigenvalue weighted by Crippen LogP contribution is -2.40. The molecule has 0 bridgehead atoms. The van der Waals surface area contributed by atoms with E-state index in [1.165, 1.54) is 57.8 Å². The normalized spacial score (nSPS) is 11.6. The Morgan fingerprint density at radius 2 is 1.23 bits per heavy atom. The van der Waals surface area contributed by atoms with Crippen molar-refractivity contribution in [2.24, 2.45) is 0 Å². The van der Waals surface area contributed by atoms with Crippen LogP contribution in [0.3, 0.4) is 0 Å². The van der Waals surface area contributed by atoms with Crippen LogP contribution >= 0.6 is 11.6 Å². The van der Waals surface area contributed by atoms with Gasteiger partial charge in [0.15, 0.2) is 0 Å². The fourth-order valence-electron chi connectivity index (χ4n) is 2.99. The molecule has 0 aliphatic rings. The van der Waals surface area contributed by atoms with Gasteiger partial charge in [-0.2, -0.15) is 0 Å². The number of hydrogen-bond acceptors (Lipinski definition) is 2. The largest absolute Gasteiger partial charge is 0.519 e. The summed E-state index contributed by atoms with van der Waals surface area (Å²) in [6.07, 6.45) is 11.5. The summed E-state index contributed by atoms with van der Waals surface area (Å²) in [6.45, 7) is 6.70. The minimum atomic E-state index is -1.92. The molecule has 132 valence electrons. The average Bonchev–Trinajstić information content (AvgIpc) is 2.48. The van der Waals surface area contributed by atoms with E-state index in [9.17, 15) is 4.79 Å². The second kappa shape index (κ2) is 14.6.